The number of carbonyl (C=O) groups is 1. The van der Waals surface area contributed by atoms with Crippen LogP contribution in [0.2, 0.25) is 0 Å². The van der Waals surface area contributed by atoms with Crippen LogP contribution in [-0.4, -0.2) is 44.6 Å². The molecule has 0 aromatic heterocycles. The molecule has 1 amide bonds. The standard InChI is InChI=1S/C10H21N3O4S/c1-3-13(10(8-11)6-4-5-7-10)18(15,16)12-9(14)17-2/h3-8,11H2,1-2H3,(H,12,14). The quantitative estimate of drug-likeness (QED) is 0.747. The lowest BCUT2D eigenvalue weighted by atomic mass is 9.98. The van der Waals surface area contributed by atoms with Crippen molar-refractivity contribution in [2.45, 2.75) is 38.1 Å². The topological polar surface area (TPSA) is 102 Å². The number of hydrogen-bond acceptors (Lipinski definition) is 5. The Balaban J connectivity index is 2.97. The second-order valence-corrected chi connectivity index (χ2v) is 5.99. The number of nitrogens with one attached hydrogen (secondary N) is 1. The molecule has 18 heavy (non-hydrogen) atoms. The molecule has 8 heteroatoms. The van der Waals surface area contributed by atoms with Gasteiger partial charge in [0, 0.05) is 18.6 Å². The van der Waals surface area contributed by atoms with E-state index in [0.717, 1.165) is 32.8 Å². The van der Waals surface area contributed by atoms with Crippen LogP contribution in [0.4, 0.5) is 4.79 Å². The van der Waals surface area contributed by atoms with E-state index in [1.54, 1.807) is 6.92 Å². The van der Waals surface area contributed by atoms with Gasteiger partial charge in [-0.1, -0.05) is 19.8 Å². The number of likely N-dealkylation sites (N-methyl/N-ethyl adjacent to an activating group) is 1. The van der Waals surface area contributed by atoms with Gasteiger partial charge in [-0.15, -0.1) is 0 Å². The molecule has 0 saturated heterocycles. The molecule has 0 aliphatic heterocycles. The van der Waals surface area contributed by atoms with Gasteiger partial charge in [0.15, 0.2) is 0 Å². The van der Waals surface area contributed by atoms with Crippen LogP contribution in [0.3, 0.4) is 0 Å². The second kappa shape index (κ2) is 5.85. The van der Waals surface area contributed by atoms with E-state index in [-0.39, 0.29) is 13.1 Å². The first-order valence-corrected chi connectivity index (χ1v) is 7.44. The number of hydrogen-bond donors (Lipinski definition) is 2. The lowest BCUT2D eigenvalue weighted by Gasteiger charge is -2.38. The zero-order chi connectivity index (χ0) is 13.8. The van der Waals surface area contributed by atoms with Gasteiger partial charge in [-0.2, -0.15) is 12.7 Å². The van der Waals surface area contributed by atoms with Crippen LogP contribution in [0.15, 0.2) is 0 Å². The fraction of sp³-hybridized carbons (Fsp3) is 0.900. The highest BCUT2D eigenvalue weighted by Crippen LogP contribution is 2.35. The summed E-state index contributed by atoms with van der Waals surface area (Å²) in [5.74, 6) is 0. The van der Waals surface area contributed by atoms with E-state index in [1.165, 1.54) is 4.31 Å². The Kier molecular flexibility index (Phi) is 4.94. The monoisotopic (exact) mass is 279 g/mol. The van der Waals surface area contributed by atoms with Crippen molar-refractivity contribution in [2.24, 2.45) is 5.73 Å². The van der Waals surface area contributed by atoms with Crippen LogP contribution in [0.25, 0.3) is 0 Å². The van der Waals surface area contributed by atoms with Crippen molar-refractivity contribution in [1.82, 2.24) is 9.03 Å². The van der Waals surface area contributed by atoms with Crippen LogP contribution in [0, 0.1) is 0 Å². The normalized spacial score (nSPS) is 18.9. The molecule has 1 rings (SSSR count). The Hall–Kier alpha value is -0.860. The third-order valence-corrected chi connectivity index (χ3v) is 5.07. The SMILES string of the molecule is CCN(C1(CN)CCCC1)S(=O)(=O)NC(=O)OC. The van der Waals surface area contributed by atoms with Crippen molar-refractivity contribution < 1.29 is 17.9 Å². The average molecular weight is 279 g/mol. The first-order chi connectivity index (χ1) is 8.41. The van der Waals surface area contributed by atoms with Crippen LogP contribution in [0.1, 0.15) is 32.6 Å². The first kappa shape index (κ1) is 15.2. The van der Waals surface area contributed by atoms with E-state index in [9.17, 15) is 13.2 Å². The first-order valence-electron chi connectivity index (χ1n) is 6.00. The van der Waals surface area contributed by atoms with E-state index in [1.807, 2.05) is 4.72 Å². The van der Waals surface area contributed by atoms with Gasteiger partial charge < -0.3 is 10.5 Å². The molecule has 106 valence electrons. The minimum Gasteiger partial charge on any atom is -0.452 e. The minimum atomic E-state index is -3.91. The number of rotatable bonds is 5. The van der Waals surface area contributed by atoms with Gasteiger partial charge in [0.25, 0.3) is 0 Å². The summed E-state index contributed by atoms with van der Waals surface area (Å²) in [6.45, 7) is 2.25. The fourth-order valence-electron chi connectivity index (χ4n) is 2.55. The molecule has 3 N–H and O–H groups in total. The van der Waals surface area contributed by atoms with Crippen LogP contribution in [-0.2, 0) is 14.9 Å². The maximum Gasteiger partial charge on any atom is 0.421 e. The average Bonchev–Trinajstić information content (AvgIpc) is 2.78. The molecular formula is C10H21N3O4S. The molecule has 0 unspecified atom stereocenters. The number of ether oxygens (including phenoxy) is 1. The third kappa shape index (κ3) is 2.93. The predicted molar refractivity (Wildman–Crippen MR) is 67.1 cm³/mol. The molecule has 1 aliphatic carbocycles. The molecule has 0 radical (unpaired) electrons. The molecule has 0 heterocycles. The van der Waals surface area contributed by atoms with E-state index in [0.29, 0.717) is 0 Å². The molecule has 1 fully saturated rings. The molecule has 0 bridgehead atoms. The number of methoxy groups -OCH3 is 1. The van der Waals surface area contributed by atoms with E-state index in [4.69, 9.17) is 5.73 Å². The van der Waals surface area contributed by atoms with Gasteiger partial charge in [-0.3, -0.25) is 0 Å². The minimum absolute atomic E-state index is 0.253. The lowest BCUT2D eigenvalue weighted by molar-refractivity contribution is 0.172. The van der Waals surface area contributed by atoms with Crippen LogP contribution < -0.4 is 10.5 Å². The van der Waals surface area contributed by atoms with Crippen molar-refractivity contribution >= 4 is 16.3 Å². The lowest BCUT2D eigenvalue weighted by Crippen LogP contribution is -2.58. The van der Waals surface area contributed by atoms with Gasteiger partial charge >= 0.3 is 16.3 Å². The number of nitrogens with two attached hydrogens (primary N) is 1. The predicted octanol–water partition coefficient (Wildman–Crippen LogP) is 0.181. The Morgan fingerprint density at radius 1 is 1.44 bits per heavy atom. The summed E-state index contributed by atoms with van der Waals surface area (Å²) in [4.78, 5) is 11.1. The van der Waals surface area contributed by atoms with Gasteiger partial charge in [-0.25, -0.2) is 9.52 Å². The van der Waals surface area contributed by atoms with Crippen LogP contribution in [0.5, 0.6) is 0 Å². The zero-order valence-electron chi connectivity index (χ0n) is 10.8. The summed E-state index contributed by atoms with van der Waals surface area (Å²) in [6, 6.07) is 0. The van der Waals surface area contributed by atoms with Gasteiger partial charge in [0.1, 0.15) is 0 Å². The molecular weight excluding hydrogens is 258 g/mol. The Morgan fingerprint density at radius 2 is 2.00 bits per heavy atom. The number of nitrogens with zero attached hydrogens (tertiary/aromatic N) is 1. The number of amides is 1. The largest absolute Gasteiger partial charge is 0.452 e. The molecule has 0 aromatic rings. The maximum absolute atomic E-state index is 12.1. The Morgan fingerprint density at radius 3 is 2.39 bits per heavy atom. The van der Waals surface area contributed by atoms with Crippen LogP contribution >= 0.6 is 0 Å². The summed E-state index contributed by atoms with van der Waals surface area (Å²) in [7, 11) is -2.79. The summed E-state index contributed by atoms with van der Waals surface area (Å²) in [5, 5.41) is 0. The molecule has 1 aliphatic rings. The van der Waals surface area contributed by atoms with Crippen molar-refractivity contribution in [3.8, 4) is 0 Å². The number of carbonyl (C=O) groups excluding carboxylic acids is 1. The zero-order valence-corrected chi connectivity index (χ0v) is 11.6. The molecule has 0 aromatic carbocycles. The van der Waals surface area contributed by atoms with E-state index < -0.39 is 21.8 Å². The third-order valence-electron chi connectivity index (χ3n) is 3.42. The molecule has 7 nitrogen and oxygen atoms in total. The Labute approximate surface area is 108 Å². The maximum atomic E-state index is 12.1. The summed E-state index contributed by atoms with van der Waals surface area (Å²) >= 11 is 0. The summed E-state index contributed by atoms with van der Waals surface area (Å²) in [6.07, 6.45) is 2.35. The summed E-state index contributed by atoms with van der Waals surface area (Å²) in [5.41, 5.74) is 5.18. The molecule has 0 spiro atoms. The van der Waals surface area contributed by atoms with Crippen molar-refractivity contribution in [3.63, 3.8) is 0 Å². The van der Waals surface area contributed by atoms with Gasteiger partial charge in [-0.05, 0) is 12.8 Å². The highest BCUT2D eigenvalue weighted by atomic mass is 32.2. The van der Waals surface area contributed by atoms with E-state index in [2.05, 4.69) is 4.74 Å². The molecule has 0 atom stereocenters. The molecule has 1 saturated carbocycles. The van der Waals surface area contributed by atoms with Crippen molar-refractivity contribution in [1.29, 1.82) is 0 Å². The Bertz CT molecular complexity index is 390. The highest BCUT2D eigenvalue weighted by Gasteiger charge is 2.44. The van der Waals surface area contributed by atoms with Gasteiger partial charge in [0.05, 0.1) is 7.11 Å². The smallest absolute Gasteiger partial charge is 0.421 e. The van der Waals surface area contributed by atoms with Crippen molar-refractivity contribution in [3.05, 3.63) is 0 Å². The van der Waals surface area contributed by atoms with Crippen molar-refractivity contribution in [2.75, 3.05) is 20.2 Å². The fourth-order valence-corrected chi connectivity index (χ4v) is 4.06. The second-order valence-electron chi connectivity index (χ2n) is 4.40. The highest BCUT2D eigenvalue weighted by molar-refractivity contribution is 7.87. The van der Waals surface area contributed by atoms with Gasteiger partial charge in [0.2, 0.25) is 0 Å². The van der Waals surface area contributed by atoms with E-state index >= 15 is 0 Å². The summed E-state index contributed by atoms with van der Waals surface area (Å²) < 4.78 is 31.8.